The van der Waals surface area contributed by atoms with Gasteiger partial charge >= 0.3 is 0 Å². The van der Waals surface area contributed by atoms with Gasteiger partial charge < -0.3 is 0 Å². The molecule has 0 N–H and O–H groups in total. The fourth-order valence-electron chi connectivity index (χ4n) is 4.62. The van der Waals surface area contributed by atoms with Crippen molar-refractivity contribution in [2.45, 2.75) is 34.1 Å². The van der Waals surface area contributed by atoms with Gasteiger partial charge in [-0.15, -0.1) is 0 Å². The van der Waals surface area contributed by atoms with Gasteiger partial charge in [0.1, 0.15) is 0 Å². The maximum atomic E-state index is 2.46. The molecule has 0 saturated heterocycles. The minimum absolute atomic E-state index is 1.05. The Bertz CT molecular complexity index is 974. The molecule has 0 aromatic heterocycles. The van der Waals surface area contributed by atoms with Gasteiger partial charge in [0, 0.05) is 0 Å². The Balaban J connectivity index is 2.12. The maximum Gasteiger partial charge on any atom is 0.175 e. The molecule has 1 heteroatoms. The fraction of sp³-hybridized carbons (Fsp3) is 0.185. The quantitative estimate of drug-likeness (QED) is 0.446. The van der Waals surface area contributed by atoms with Crippen LogP contribution < -0.4 is 15.6 Å². The SMILES string of the molecule is CC1=CCC([Si](c2cccc(C)c2)(c2cccc(C)c2)c2cccc(C)c2)=C1. The van der Waals surface area contributed by atoms with Gasteiger partial charge in [-0.3, -0.25) is 0 Å². The first-order valence-corrected chi connectivity index (χ1v) is 12.1. The summed E-state index contributed by atoms with van der Waals surface area (Å²) < 4.78 is 0. The summed E-state index contributed by atoms with van der Waals surface area (Å²) in [5, 5.41) is 6.04. The largest absolute Gasteiger partial charge is 0.175 e. The van der Waals surface area contributed by atoms with Gasteiger partial charge in [0.25, 0.3) is 0 Å². The molecule has 1 aliphatic carbocycles. The van der Waals surface area contributed by atoms with E-state index in [1.165, 1.54) is 37.8 Å². The Morgan fingerprint density at radius 2 is 1.04 bits per heavy atom. The third-order valence-electron chi connectivity index (χ3n) is 5.88. The molecule has 0 nitrogen and oxygen atoms in total. The van der Waals surface area contributed by atoms with Crippen molar-refractivity contribution in [3.05, 3.63) is 112 Å². The molecule has 0 atom stereocenters. The monoisotopic (exact) mass is 380 g/mol. The van der Waals surface area contributed by atoms with Crippen molar-refractivity contribution >= 4 is 23.6 Å². The third-order valence-corrected chi connectivity index (χ3v) is 10.7. The molecule has 0 heterocycles. The summed E-state index contributed by atoms with van der Waals surface area (Å²) in [6.45, 7) is 8.86. The molecule has 4 rings (SSSR count). The molecule has 0 fully saturated rings. The molecule has 0 radical (unpaired) electrons. The van der Waals surface area contributed by atoms with Gasteiger partial charge in [-0.25, -0.2) is 0 Å². The van der Waals surface area contributed by atoms with Crippen molar-refractivity contribution in [3.8, 4) is 0 Å². The lowest BCUT2D eigenvalue weighted by Gasteiger charge is -2.36. The predicted octanol–water partition coefficient (Wildman–Crippen LogP) is 4.90. The first-order valence-electron chi connectivity index (χ1n) is 10.1. The normalized spacial score (nSPS) is 14.0. The van der Waals surface area contributed by atoms with Crippen molar-refractivity contribution in [3.63, 3.8) is 0 Å². The fourth-order valence-corrected chi connectivity index (χ4v) is 9.95. The number of benzene rings is 3. The lowest BCUT2D eigenvalue weighted by Crippen LogP contribution is -2.68. The van der Waals surface area contributed by atoms with E-state index in [-0.39, 0.29) is 0 Å². The summed E-state index contributed by atoms with van der Waals surface area (Å²) in [5.41, 5.74) is 5.38. The zero-order valence-corrected chi connectivity index (χ0v) is 18.3. The van der Waals surface area contributed by atoms with Gasteiger partial charge in [-0.2, -0.15) is 0 Å². The first-order chi connectivity index (χ1) is 13.5. The van der Waals surface area contributed by atoms with Gasteiger partial charge in [-0.1, -0.05) is 112 Å². The smallest absolute Gasteiger partial charge is 0.0779 e. The van der Waals surface area contributed by atoms with Crippen LogP contribution in [0.1, 0.15) is 30.0 Å². The highest BCUT2D eigenvalue weighted by atomic mass is 28.3. The Hall–Kier alpha value is -2.64. The van der Waals surface area contributed by atoms with Crippen LogP contribution in [0.3, 0.4) is 0 Å². The summed E-state index contributed by atoms with van der Waals surface area (Å²) in [4.78, 5) is 0. The number of rotatable bonds is 4. The van der Waals surface area contributed by atoms with Gasteiger partial charge in [0.2, 0.25) is 0 Å². The summed E-state index contributed by atoms with van der Waals surface area (Å²) in [6.07, 6.45) is 5.89. The van der Waals surface area contributed by atoms with E-state index in [9.17, 15) is 0 Å². The molecule has 140 valence electrons. The topological polar surface area (TPSA) is 0 Å². The number of hydrogen-bond acceptors (Lipinski definition) is 0. The van der Waals surface area contributed by atoms with E-state index in [0.29, 0.717) is 0 Å². The number of allylic oxidation sites excluding steroid dienone is 4. The summed E-state index contributed by atoms with van der Waals surface area (Å²) in [7, 11) is -2.32. The molecule has 3 aromatic carbocycles. The minimum atomic E-state index is -2.32. The van der Waals surface area contributed by atoms with Crippen LogP contribution in [0.2, 0.25) is 0 Å². The Kier molecular flexibility index (Phi) is 4.95. The predicted molar refractivity (Wildman–Crippen MR) is 125 cm³/mol. The number of hydrogen-bond donors (Lipinski definition) is 0. The van der Waals surface area contributed by atoms with E-state index < -0.39 is 8.07 Å². The van der Waals surface area contributed by atoms with Gasteiger partial charge in [0.05, 0.1) is 0 Å². The molecule has 1 aliphatic rings. The second kappa shape index (κ2) is 7.41. The highest BCUT2D eigenvalue weighted by Gasteiger charge is 2.43. The number of aryl methyl sites for hydroxylation is 3. The highest BCUT2D eigenvalue weighted by molar-refractivity contribution is 7.16. The van der Waals surface area contributed by atoms with E-state index >= 15 is 0 Å². The van der Waals surface area contributed by atoms with E-state index in [1.54, 1.807) is 5.20 Å². The van der Waals surface area contributed by atoms with Crippen molar-refractivity contribution < 1.29 is 0 Å². The lowest BCUT2D eigenvalue weighted by molar-refractivity contribution is 1.36. The third kappa shape index (κ3) is 3.20. The maximum absolute atomic E-state index is 2.46. The first kappa shape index (κ1) is 18.7. The van der Waals surface area contributed by atoms with Gasteiger partial charge in [0.15, 0.2) is 8.07 Å². The molecule has 3 aromatic rings. The molecule has 0 spiro atoms. The Morgan fingerprint density at radius 1 is 0.607 bits per heavy atom. The summed E-state index contributed by atoms with van der Waals surface area (Å²) in [5.74, 6) is 0. The molecule has 0 aliphatic heterocycles. The second-order valence-electron chi connectivity index (χ2n) is 8.18. The van der Waals surface area contributed by atoms with Crippen molar-refractivity contribution in [2.24, 2.45) is 0 Å². The molecule has 0 bridgehead atoms. The highest BCUT2D eigenvalue weighted by Crippen LogP contribution is 2.27. The average Bonchev–Trinajstić information content (AvgIpc) is 3.09. The van der Waals surface area contributed by atoms with E-state index in [2.05, 4.69) is 113 Å². The van der Waals surface area contributed by atoms with Crippen LogP contribution >= 0.6 is 0 Å². The zero-order valence-electron chi connectivity index (χ0n) is 17.3. The Labute approximate surface area is 170 Å². The van der Waals surface area contributed by atoms with E-state index in [0.717, 1.165) is 6.42 Å². The standard InChI is InChI=1S/C27H28Si/c1-20-8-5-11-24(16-20)28(27-15-14-23(4)19-27,25-12-6-9-21(2)17-25)26-13-7-10-22(3)18-26/h5-14,16-19H,15H2,1-4H3. The van der Waals surface area contributed by atoms with Crippen molar-refractivity contribution in [1.29, 1.82) is 0 Å². The molecule has 0 unspecified atom stereocenters. The zero-order chi connectivity index (χ0) is 19.7. The van der Waals surface area contributed by atoms with Crippen LogP contribution in [-0.2, 0) is 0 Å². The molecule has 0 saturated carbocycles. The van der Waals surface area contributed by atoms with E-state index in [4.69, 9.17) is 0 Å². The average molecular weight is 381 g/mol. The molecular formula is C27H28Si. The molecule has 28 heavy (non-hydrogen) atoms. The molecular weight excluding hydrogens is 352 g/mol. The second-order valence-corrected chi connectivity index (χ2v) is 12.1. The van der Waals surface area contributed by atoms with Crippen LogP contribution in [0, 0.1) is 20.8 Å². The summed E-state index contributed by atoms with van der Waals surface area (Å²) in [6, 6.07) is 27.7. The van der Waals surface area contributed by atoms with Crippen LogP contribution in [0.25, 0.3) is 0 Å². The molecule has 0 amide bonds. The van der Waals surface area contributed by atoms with E-state index in [1.807, 2.05) is 0 Å². The van der Waals surface area contributed by atoms with Gasteiger partial charge in [-0.05, 0) is 49.7 Å². The van der Waals surface area contributed by atoms with Crippen LogP contribution in [0.15, 0.2) is 95.7 Å². The Morgan fingerprint density at radius 3 is 1.36 bits per heavy atom. The summed E-state index contributed by atoms with van der Waals surface area (Å²) >= 11 is 0. The minimum Gasteiger partial charge on any atom is -0.0779 e. The van der Waals surface area contributed by atoms with Crippen LogP contribution in [0.4, 0.5) is 0 Å². The van der Waals surface area contributed by atoms with Crippen LogP contribution in [0.5, 0.6) is 0 Å². The van der Waals surface area contributed by atoms with Crippen LogP contribution in [-0.4, -0.2) is 8.07 Å². The van der Waals surface area contributed by atoms with Crippen molar-refractivity contribution in [2.75, 3.05) is 0 Å². The van der Waals surface area contributed by atoms with Crippen molar-refractivity contribution in [1.82, 2.24) is 0 Å². The lowest BCUT2D eigenvalue weighted by atomic mass is 10.2.